The first-order valence-corrected chi connectivity index (χ1v) is 15.6. The maximum atomic E-state index is 13.1. The number of likely N-dealkylation sites (N-methyl/N-ethyl adjacent to an activating group) is 4. The van der Waals surface area contributed by atoms with Gasteiger partial charge in [0.1, 0.15) is 0 Å². The average Bonchev–Trinajstić information content (AvgIpc) is 3.68. The number of nitrogens with zero attached hydrogens (tertiary/aromatic N) is 4. The number of hydrogen-bond donors (Lipinski definition) is 6. The molecule has 0 aliphatic rings. The molecule has 4 rings (SSSR count). The standard InChI is InChI=1S/C35H46N10O2/c1-24(2)35(47)40-29-12-8-10-26(20-29)34-30(23-45(6)18-16-37-4)31(41-43-34)13-14-32(46)39-28-11-7-9-25(19-28)33-27(21-38-42-33)22-44(5)17-15-36-3/h7-14,19-21,36-37H,1,15-18,22-23H2,2-6H3,(H,38,42)(H,39,46)(H,40,47)(H,41,43)/b14-13+. The number of nitrogens with one attached hydrogen (secondary N) is 6. The normalized spacial score (nSPS) is 11.5. The van der Waals surface area contributed by atoms with Crippen LogP contribution in [-0.2, 0) is 22.7 Å². The molecule has 2 amide bonds. The number of carbonyl (C=O) groups is 2. The fraction of sp³-hybridized carbons (Fsp3) is 0.314. The molecule has 12 heteroatoms. The van der Waals surface area contributed by atoms with E-state index in [1.807, 2.05) is 75.9 Å². The summed E-state index contributed by atoms with van der Waals surface area (Å²) in [4.78, 5) is 29.8. The van der Waals surface area contributed by atoms with Crippen molar-refractivity contribution in [2.24, 2.45) is 0 Å². The molecule has 0 aliphatic carbocycles. The van der Waals surface area contributed by atoms with Crippen LogP contribution in [0.4, 0.5) is 11.4 Å². The van der Waals surface area contributed by atoms with E-state index in [2.05, 4.69) is 65.1 Å². The lowest BCUT2D eigenvalue weighted by Crippen LogP contribution is -2.27. The molecule has 0 aliphatic heterocycles. The molecule has 248 valence electrons. The number of H-pyrrole nitrogens is 2. The molecule has 2 aromatic carbocycles. The minimum Gasteiger partial charge on any atom is -0.322 e. The third-order valence-electron chi connectivity index (χ3n) is 7.57. The molecule has 0 bridgehead atoms. The Morgan fingerprint density at radius 2 is 1.53 bits per heavy atom. The summed E-state index contributed by atoms with van der Waals surface area (Å²) in [5.74, 6) is -0.511. The summed E-state index contributed by atoms with van der Waals surface area (Å²) in [6.45, 7) is 10.2. The fourth-order valence-corrected chi connectivity index (χ4v) is 5.00. The number of rotatable bonds is 17. The molecule has 0 fully saturated rings. The Bertz CT molecular complexity index is 1690. The third kappa shape index (κ3) is 10.1. The first kappa shape index (κ1) is 35.0. The highest BCUT2D eigenvalue weighted by molar-refractivity contribution is 6.03. The molecule has 2 aromatic heterocycles. The minimum atomic E-state index is -0.270. The summed E-state index contributed by atoms with van der Waals surface area (Å²) in [5, 5.41) is 27.3. The molecular formula is C35H46N10O2. The van der Waals surface area contributed by atoms with Crippen LogP contribution >= 0.6 is 0 Å². The van der Waals surface area contributed by atoms with Gasteiger partial charge in [-0.25, -0.2) is 0 Å². The Kier molecular flexibility index (Phi) is 12.8. The summed E-state index contributed by atoms with van der Waals surface area (Å²) in [7, 11) is 7.98. The van der Waals surface area contributed by atoms with Gasteiger partial charge in [-0.2, -0.15) is 10.2 Å². The first-order chi connectivity index (χ1) is 22.7. The molecule has 0 atom stereocenters. The van der Waals surface area contributed by atoms with Crippen LogP contribution in [0.3, 0.4) is 0 Å². The smallest absolute Gasteiger partial charge is 0.250 e. The van der Waals surface area contributed by atoms with Crippen LogP contribution in [0.15, 0.2) is 73.0 Å². The molecule has 2 heterocycles. The van der Waals surface area contributed by atoms with Crippen molar-refractivity contribution in [3.63, 3.8) is 0 Å². The van der Waals surface area contributed by atoms with Gasteiger partial charge in [0.2, 0.25) is 5.91 Å². The Labute approximate surface area is 276 Å². The lowest BCUT2D eigenvalue weighted by molar-refractivity contribution is -0.113. The van der Waals surface area contributed by atoms with E-state index in [0.717, 1.165) is 72.1 Å². The number of benzene rings is 2. The van der Waals surface area contributed by atoms with E-state index in [4.69, 9.17) is 0 Å². The molecule has 6 N–H and O–H groups in total. The number of aromatic amines is 2. The highest BCUT2D eigenvalue weighted by Crippen LogP contribution is 2.29. The molecular weight excluding hydrogens is 592 g/mol. The van der Waals surface area contributed by atoms with Crippen molar-refractivity contribution >= 4 is 29.3 Å². The molecule has 0 radical (unpaired) electrons. The van der Waals surface area contributed by atoms with Crippen LogP contribution in [0.1, 0.15) is 23.7 Å². The number of aromatic nitrogens is 4. The maximum Gasteiger partial charge on any atom is 0.250 e. The Morgan fingerprint density at radius 3 is 2.21 bits per heavy atom. The monoisotopic (exact) mass is 638 g/mol. The lowest BCUT2D eigenvalue weighted by atomic mass is 10.0. The van der Waals surface area contributed by atoms with Crippen molar-refractivity contribution in [2.75, 3.05) is 65.0 Å². The van der Waals surface area contributed by atoms with E-state index >= 15 is 0 Å². The summed E-state index contributed by atoms with van der Waals surface area (Å²) in [5.41, 5.74) is 7.93. The second-order valence-electron chi connectivity index (χ2n) is 11.6. The van der Waals surface area contributed by atoms with Crippen molar-refractivity contribution in [3.05, 3.63) is 89.8 Å². The number of carbonyl (C=O) groups excluding carboxylic acids is 2. The second-order valence-corrected chi connectivity index (χ2v) is 11.6. The quantitative estimate of drug-likeness (QED) is 0.0955. The van der Waals surface area contributed by atoms with Gasteiger partial charge in [-0.1, -0.05) is 30.8 Å². The van der Waals surface area contributed by atoms with E-state index in [-0.39, 0.29) is 11.8 Å². The zero-order chi connectivity index (χ0) is 33.8. The molecule has 12 nitrogen and oxygen atoms in total. The molecule has 0 saturated carbocycles. The van der Waals surface area contributed by atoms with Gasteiger partial charge in [0.25, 0.3) is 5.91 Å². The topological polar surface area (TPSA) is 146 Å². The molecule has 0 spiro atoms. The molecule has 0 unspecified atom stereocenters. The number of hydrogen-bond acceptors (Lipinski definition) is 8. The van der Waals surface area contributed by atoms with E-state index in [1.54, 1.807) is 13.0 Å². The molecule has 0 saturated heterocycles. The Balaban J connectivity index is 1.53. The predicted octanol–water partition coefficient (Wildman–Crippen LogP) is 3.94. The summed E-state index contributed by atoms with van der Waals surface area (Å²) in [6, 6.07) is 15.2. The van der Waals surface area contributed by atoms with Crippen molar-refractivity contribution in [2.45, 2.75) is 20.0 Å². The minimum absolute atomic E-state index is 0.242. The number of anilines is 2. The van der Waals surface area contributed by atoms with Gasteiger partial charge in [0.15, 0.2) is 0 Å². The average molecular weight is 639 g/mol. The van der Waals surface area contributed by atoms with E-state index < -0.39 is 0 Å². The SMILES string of the molecule is C=C(C)C(=O)Nc1cccc(-c2n[nH]c(/C=C/C(=O)Nc3cccc(-c4[nH]ncc4CN(C)CCNC)c3)c2CN(C)CCNC)c1. The Morgan fingerprint density at radius 1 is 0.894 bits per heavy atom. The van der Waals surface area contributed by atoms with E-state index in [9.17, 15) is 9.59 Å². The van der Waals surface area contributed by atoms with Gasteiger partial charge in [0.05, 0.1) is 23.3 Å². The van der Waals surface area contributed by atoms with Crippen molar-refractivity contribution in [1.29, 1.82) is 0 Å². The lowest BCUT2D eigenvalue weighted by Gasteiger charge is -2.17. The van der Waals surface area contributed by atoms with E-state index in [0.29, 0.717) is 23.5 Å². The summed E-state index contributed by atoms with van der Waals surface area (Å²) >= 11 is 0. The van der Waals surface area contributed by atoms with Gasteiger partial charge in [-0.05, 0) is 65.5 Å². The van der Waals surface area contributed by atoms with E-state index in [1.165, 1.54) is 6.08 Å². The zero-order valence-corrected chi connectivity index (χ0v) is 27.9. The zero-order valence-electron chi connectivity index (χ0n) is 27.9. The van der Waals surface area contributed by atoms with Gasteiger partial charge < -0.3 is 31.1 Å². The number of amides is 2. The maximum absolute atomic E-state index is 13.1. The fourth-order valence-electron chi connectivity index (χ4n) is 5.00. The Hall–Kier alpha value is -4.88. The highest BCUT2D eigenvalue weighted by Gasteiger charge is 2.17. The van der Waals surface area contributed by atoms with Gasteiger partial charge in [-0.15, -0.1) is 0 Å². The third-order valence-corrected chi connectivity index (χ3v) is 7.57. The van der Waals surface area contributed by atoms with Gasteiger partial charge in [-0.3, -0.25) is 19.8 Å². The van der Waals surface area contributed by atoms with Crippen LogP contribution < -0.4 is 21.3 Å². The van der Waals surface area contributed by atoms with Crippen LogP contribution in [0, 0.1) is 0 Å². The highest BCUT2D eigenvalue weighted by atomic mass is 16.2. The molecule has 47 heavy (non-hydrogen) atoms. The summed E-state index contributed by atoms with van der Waals surface area (Å²) in [6.07, 6.45) is 5.10. The van der Waals surface area contributed by atoms with Crippen molar-refractivity contribution in [3.8, 4) is 22.5 Å². The molecule has 4 aromatic rings. The summed E-state index contributed by atoms with van der Waals surface area (Å²) < 4.78 is 0. The second kappa shape index (κ2) is 17.2. The van der Waals surface area contributed by atoms with Crippen molar-refractivity contribution in [1.82, 2.24) is 40.8 Å². The van der Waals surface area contributed by atoms with Crippen LogP contribution in [-0.4, -0.2) is 96.4 Å². The largest absolute Gasteiger partial charge is 0.322 e. The first-order valence-electron chi connectivity index (χ1n) is 15.6. The van der Waals surface area contributed by atoms with Crippen LogP contribution in [0.5, 0.6) is 0 Å². The van der Waals surface area contributed by atoms with Gasteiger partial charge in [0, 0.05) is 84.5 Å². The van der Waals surface area contributed by atoms with Crippen LogP contribution in [0.2, 0.25) is 0 Å². The predicted molar refractivity (Wildman–Crippen MR) is 190 cm³/mol. The van der Waals surface area contributed by atoms with Gasteiger partial charge >= 0.3 is 0 Å². The van der Waals surface area contributed by atoms with Crippen LogP contribution in [0.25, 0.3) is 28.6 Å². The van der Waals surface area contributed by atoms with Crippen molar-refractivity contribution < 1.29 is 9.59 Å².